The summed E-state index contributed by atoms with van der Waals surface area (Å²) in [5.74, 6) is 0. The van der Waals surface area contributed by atoms with E-state index < -0.39 is 18.3 Å². The summed E-state index contributed by atoms with van der Waals surface area (Å²) in [6.07, 6.45) is 0. The van der Waals surface area contributed by atoms with Crippen LogP contribution in [0, 0.1) is 6.92 Å². The fourth-order valence-corrected chi connectivity index (χ4v) is 5.86. The van der Waals surface area contributed by atoms with Crippen molar-refractivity contribution in [2.24, 2.45) is 0 Å². The lowest BCUT2D eigenvalue weighted by Gasteiger charge is -2.38. The van der Waals surface area contributed by atoms with Crippen molar-refractivity contribution in [2.45, 2.75) is 60.7 Å². The van der Waals surface area contributed by atoms with Gasteiger partial charge in [-0.1, -0.05) is 91.4 Å². The highest BCUT2D eigenvalue weighted by atomic mass is 127. The number of sulfonamides is 1. The van der Waals surface area contributed by atoms with Crippen LogP contribution in [-0.4, -0.2) is 29.4 Å². The third-order valence-electron chi connectivity index (χ3n) is 5.54. The van der Waals surface area contributed by atoms with E-state index in [0.717, 1.165) is 11.1 Å². The van der Waals surface area contributed by atoms with E-state index in [2.05, 4.69) is 61.2 Å². The summed E-state index contributed by atoms with van der Waals surface area (Å²) in [4.78, 5) is 0.275. The third-order valence-corrected chi connectivity index (χ3v) is 13.1. The van der Waals surface area contributed by atoms with Gasteiger partial charge in [0.1, 0.15) is 0 Å². The second-order valence-corrected chi connectivity index (χ2v) is 16.8. The Labute approximate surface area is 190 Å². The van der Waals surface area contributed by atoms with E-state index in [1.54, 1.807) is 12.1 Å². The largest absolute Gasteiger partial charge is 0.415 e. The summed E-state index contributed by atoms with van der Waals surface area (Å²) in [6, 6.07) is 16.5. The van der Waals surface area contributed by atoms with Gasteiger partial charge >= 0.3 is 0 Å². The van der Waals surface area contributed by atoms with Crippen molar-refractivity contribution in [3.63, 3.8) is 0 Å². The Morgan fingerprint density at radius 2 is 1.59 bits per heavy atom. The van der Waals surface area contributed by atoms with Gasteiger partial charge in [-0.05, 0) is 42.8 Å². The first-order valence-corrected chi connectivity index (χ1v) is 15.4. The number of alkyl halides is 1. The molecule has 29 heavy (non-hydrogen) atoms. The predicted octanol–water partition coefficient (Wildman–Crippen LogP) is 5.84. The van der Waals surface area contributed by atoms with Crippen molar-refractivity contribution < 1.29 is 12.8 Å². The Balaban J connectivity index is 2.30. The average molecular weight is 546 g/mol. The molecule has 0 aliphatic carbocycles. The molecular formula is C22H32INO3SSi. The van der Waals surface area contributed by atoms with Crippen molar-refractivity contribution in [1.29, 1.82) is 0 Å². The maximum Gasteiger partial charge on any atom is 0.240 e. The smallest absolute Gasteiger partial charge is 0.240 e. The molecule has 2 rings (SSSR count). The molecule has 2 atom stereocenters. The maximum atomic E-state index is 13.1. The Morgan fingerprint density at radius 1 is 1.03 bits per heavy atom. The van der Waals surface area contributed by atoms with E-state index in [-0.39, 0.29) is 19.9 Å². The molecule has 0 saturated heterocycles. The number of aryl methyl sites for hydroxylation is 1. The van der Waals surface area contributed by atoms with Crippen molar-refractivity contribution in [3.8, 4) is 0 Å². The minimum atomic E-state index is -3.65. The topological polar surface area (TPSA) is 55.4 Å². The zero-order valence-corrected chi connectivity index (χ0v) is 22.0. The van der Waals surface area contributed by atoms with E-state index in [1.807, 2.05) is 49.4 Å². The molecule has 0 heterocycles. The van der Waals surface area contributed by atoms with Gasteiger partial charge in [0.2, 0.25) is 10.0 Å². The summed E-state index contributed by atoms with van der Waals surface area (Å²) < 4.78 is 35.4. The number of hydrogen-bond donors (Lipinski definition) is 1. The molecule has 7 heteroatoms. The number of rotatable bonds is 8. The highest BCUT2D eigenvalue weighted by Gasteiger charge is 2.38. The van der Waals surface area contributed by atoms with Crippen molar-refractivity contribution in [3.05, 3.63) is 65.7 Å². The molecule has 1 N–H and O–H groups in total. The second kappa shape index (κ2) is 9.59. The number of nitrogens with one attached hydrogen (secondary N) is 1. The monoisotopic (exact) mass is 545 g/mol. The summed E-state index contributed by atoms with van der Waals surface area (Å²) >= 11 is 2.32. The number of halogens is 1. The molecule has 0 amide bonds. The van der Waals surface area contributed by atoms with Crippen LogP contribution in [0.3, 0.4) is 0 Å². The van der Waals surface area contributed by atoms with Crippen LogP contribution in [-0.2, 0) is 14.4 Å². The standard InChI is InChI=1S/C22H32INO3SSi/c1-17-12-14-19(15-13-17)28(25,26)24-20(16-27-29(5,6)22(2,3)4)21(23)18-10-8-7-9-11-18/h7-15,20-21,24H,16H2,1-6H3. The fourth-order valence-electron chi connectivity index (χ4n) is 2.55. The number of benzene rings is 2. The molecule has 0 fully saturated rings. The van der Waals surface area contributed by atoms with Crippen LogP contribution in [0.1, 0.15) is 35.8 Å². The average Bonchev–Trinajstić information content (AvgIpc) is 2.64. The van der Waals surface area contributed by atoms with Gasteiger partial charge in [-0.2, -0.15) is 0 Å². The SMILES string of the molecule is Cc1ccc(S(=O)(=O)NC(CO[Si](C)(C)C(C)(C)C)C(I)c2ccccc2)cc1. The minimum absolute atomic E-state index is 0.0564. The first kappa shape index (κ1) is 24.5. The Kier molecular flexibility index (Phi) is 8.11. The van der Waals surface area contributed by atoms with Gasteiger partial charge in [0, 0.05) is 0 Å². The van der Waals surface area contributed by atoms with Crippen LogP contribution in [0.2, 0.25) is 18.1 Å². The zero-order chi connectivity index (χ0) is 21.9. The van der Waals surface area contributed by atoms with Crippen LogP contribution in [0.25, 0.3) is 0 Å². The molecule has 0 spiro atoms. The molecule has 0 radical (unpaired) electrons. The first-order valence-electron chi connectivity index (χ1n) is 9.75. The molecule has 0 aliphatic heterocycles. The van der Waals surface area contributed by atoms with Crippen molar-refractivity contribution >= 4 is 40.9 Å². The number of hydrogen-bond acceptors (Lipinski definition) is 3. The van der Waals surface area contributed by atoms with Crippen LogP contribution in [0.4, 0.5) is 0 Å². The summed E-state index contributed by atoms with van der Waals surface area (Å²) in [7, 11) is -5.67. The third kappa shape index (κ3) is 6.62. The van der Waals surface area contributed by atoms with E-state index in [1.165, 1.54) is 0 Å². The Bertz CT molecular complexity index is 894. The van der Waals surface area contributed by atoms with Crippen LogP contribution in [0.15, 0.2) is 59.5 Å². The van der Waals surface area contributed by atoms with E-state index >= 15 is 0 Å². The zero-order valence-electron chi connectivity index (χ0n) is 18.1. The molecule has 0 aromatic heterocycles. The molecule has 160 valence electrons. The molecule has 0 saturated carbocycles. The van der Waals surface area contributed by atoms with Gasteiger partial charge < -0.3 is 4.43 Å². The maximum absolute atomic E-state index is 13.1. The minimum Gasteiger partial charge on any atom is -0.415 e. The summed E-state index contributed by atoms with van der Waals surface area (Å²) in [6.45, 7) is 13.2. The highest BCUT2D eigenvalue weighted by molar-refractivity contribution is 14.1. The summed E-state index contributed by atoms with van der Waals surface area (Å²) in [5, 5.41) is 0.0564. The van der Waals surface area contributed by atoms with Crippen molar-refractivity contribution in [1.82, 2.24) is 4.72 Å². The molecule has 0 bridgehead atoms. The normalized spacial score (nSPS) is 15.1. The molecule has 2 unspecified atom stereocenters. The van der Waals surface area contributed by atoms with Gasteiger partial charge in [0.25, 0.3) is 0 Å². The van der Waals surface area contributed by atoms with Gasteiger partial charge in [-0.3, -0.25) is 0 Å². The van der Waals surface area contributed by atoms with Gasteiger partial charge in [-0.15, -0.1) is 0 Å². The van der Waals surface area contributed by atoms with Gasteiger partial charge in [0.15, 0.2) is 8.32 Å². The molecule has 4 nitrogen and oxygen atoms in total. The Morgan fingerprint density at radius 3 is 2.10 bits per heavy atom. The van der Waals surface area contributed by atoms with E-state index in [9.17, 15) is 8.42 Å². The fraction of sp³-hybridized carbons (Fsp3) is 0.455. The molecule has 2 aromatic rings. The van der Waals surface area contributed by atoms with Crippen LogP contribution in [0.5, 0.6) is 0 Å². The van der Waals surface area contributed by atoms with Crippen molar-refractivity contribution in [2.75, 3.05) is 6.61 Å². The molecule has 2 aromatic carbocycles. The van der Waals surface area contributed by atoms with E-state index in [4.69, 9.17) is 4.43 Å². The lowest BCUT2D eigenvalue weighted by atomic mass is 10.1. The lowest BCUT2D eigenvalue weighted by Crippen LogP contribution is -2.47. The first-order chi connectivity index (χ1) is 13.3. The van der Waals surface area contributed by atoms with Gasteiger partial charge in [0.05, 0.1) is 21.5 Å². The van der Waals surface area contributed by atoms with E-state index in [0.29, 0.717) is 6.61 Å². The van der Waals surface area contributed by atoms with Crippen LogP contribution < -0.4 is 4.72 Å². The highest BCUT2D eigenvalue weighted by Crippen LogP contribution is 2.37. The second-order valence-electron chi connectivity index (χ2n) is 8.92. The predicted molar refractivity (Wildman–Crippen MR) is 132 cm³/mol. The molecular weight excluding hydrogens is 513 g/mol. The quantitative estimate of drug-likeness (QED) is 0.258. The summed E-state index contributed by atoms with van der Waals surface area (Å²) in [5.41, 5.74) is 2.10. The Hall–Kier alpha value is -0.743. The lowest BCUT2D eigenvalue weighted by molar-refractivity contribution is 0.255. The van der Waals surface area contributed by atoms with Crippen LogP contribution >= 0.6 is 22.6 Å². The van der Waals surface area contributed by atoms with Gasteiger partial charge in [-0.25, -0.2) is 13.1 Å². The molecule has 0 aliphatic rings.